The highest BCUT2D eigenvalue weighted by atomic mass is 35.7. The van der Waals surface area contributed by atoms with E-state index in [0.717, 1.165) is 24.3 Å². The molecule has 6 nitrogen and oxygen atoms in total. The zero-order valence-corrected chi connectivity index (χ0v) is 15.0. The molecule has 0 spiro atoms. The zero-order chi connectivity index (χ0) is 17.5. The predicted octanol–water partition coefficient (Wildman–Crippen LogP) is 2.37. The molecule has 0 aliphatic heterocycles. The van der Waals surface area contributed by atoms with Gasteiger partial charge in [0.15, 0.2) is 0 Å². The number of rotatable bonds is 4. The molecule has 23 heavy (non-hydrogen) atoms. The molecule has 2 rings (SSSR count). The fourth-order valence-electron chi connectivity index (χ4n) is 1.87. The van der Waals surface area contributed by atoms with E-state index in [1.54, 1.807) is 0 Å². The molecule has 0 saturated heterocycles. The fraction of sp³-hybridized carbons (Fsp3) is 0. The highest BCUT2D eigenvalue weighted by molar-refractivity contribution is 8.14. The minimum Gasteiger partial charge on any atom is -0.218 e. The van der Waals surface area contributed by atoms with E-state index in [-0.39, 0.29) is 0 Å². The van der Waals surface area contributed by atoms with Crippen molar-refractivity contribution in [1.82, 2.24) is 0 Å². The second-order valence-electron chi connectivity index (χ2n) is 4.27. The molecule has 2 aromatic carbocycles. The standard InChI is InChI=1S/C12H8Cl2O6S3/c13-22(17,18)11-7-3-1-5-9(11)21(15,16)10-6-2-4-8-12(10)23(14,19)20/h1-8H. The van der Waals surface area contributed by atoms with Gasteiger partial charge in [0, 0.05) is 21.4 Å². The summed E-state index contributed by atoms with van der Waals surface area (Å²) in [5.74, 6) is 0. The summed E-state index contributed by atoms with van der Waals surface area (Å²) in [6, 6.07) is 9.20. The highest BCUT2D eigenvalue weighted by Gasteiger charge is 2.31. The van der Waals surface area contributed by atoms with Crippen LogP contribution in [0.25, 0.3) is 0 Å². The summed E-state index contributed by atoms with van der Waals surface area (Å²) in [5, 5.41) is 0. The van der Waals surface area contributed by atoms with E-state index in [9.17, 15) is 25.3 Å². The number of hydrogen-bond donors (Lipinski definition) is 0. The summed E-state index contributed by atoms with van der Waals surface area (Å²) in [4.78, 5) is -2.57. The third kappa shape index (κ3) is 3.69. The molecule has 0 aromatic heterocycles. The zero-order valence-electron chi connectivity index (χ0n) is 11.0. The van der Waals surface area contributed by atoms with Gasteiger partial charge in [-0.1, -0.05) is 24.3 Å². The van der Waals surface area contributed by atoms with Gasteiger partial charge in [0.1, 0.15) is 9.79 Å². The van der Waals surface area contributed by atoms with E-state index < -0.39 is 47.5 Å². The Balaban J connectivity index is 2.88. The molecule has 0 aliphatic carbocycles. The van der Waals surface area contributed by atoms with E-state index >= 15 is 0 Å². The fourth-order valence-corrected chi connectivity index (χ4v) is 6.78. The molecule has 0 unspecified atom stereocenters. The van der Waals surface area contributed by atoms with Crippen LogP contribution in [0.2, 0.25) is 0 Å². The van der Waals surface area contributed by atoms with Crippen molar-refractivity contribution in [1.29, 1.82) is 0 Å². The Morgan fingerprint density at radius 1 is 0.522 bits per heavy atom. The average molecular weight is 415 g/mol. The van der Waals surface area contributed by atoms with Crippen LogP contribution in [0.1, 0.15) is 0 Å². The van der Waals surface area contributed by atoms with Crippen LogP contribution in [0.3, 0.4) is 0 Å². The van der Waals surface area contributed by atoms with Crippen LogP contribution in [0, 0.1) is 0 Å². The first-order valence-corrected chi connectivity index (χ1v) is 11.9. The van der Waals surface area contributed by atoms with Gasteiger partial charge in [0.25, 0.3) is 18.1 Å². The number of sulfone groups is 1. The lowest BCUT2D eigenvalue weighted by molar-refractivity contribution is 0.583. The first kappa shape index (κ1) is 18.2. The van der Waals surface area contributed by atoms with Crippen molar-refractivity contribution in [2.75, 3.05) is 0 Å². The molecule has 0 heterocycles. The highest BCUT2D eigenvalue weighted by Crippen LogP contribution is 2.33. The summed E-state index contributed by atoms with van der Waals surface area (Å²) in [6.07, 6.45) is 0. The third-order valence-electron chi connectivity index (χ3n) is 2.80. The Morgan fingerprint density at radius 2 is 0.783 bits per heavy atom. The van der Waals surface area contributed by atoms with Gasteiger partial charge in [-0.15, -0.1) is 0 Å². The van der Waals surface area contributed by atoms with Crippen LogP contribution < -0.4 is 0 Å². The molecule has 0 aliphatic rings. The average Bonchev–Trinajstić information content (AvgIpc) is 2.45. The van der Waals surface area contributed by atoms with Crippen LogP contribution >= 0.6 is 21.4 Å². The first-order valence-electron chi connectivity index (χ1n) is 5.78. The minimum absolute atomic E-state index is 0.636. The van der Waals surface area contributed by atoms with Crippen molar-refractivity contribution in [2.45, 2.75) is 19.6 Å². The van der Waals surface area contributed by atoms with Crippen LogP contribution in [0.15, 0.2) is 68.1 Å². The van der Waals surface area contributed by atoms with Gasteiger partial charge in [0.05, 0.1) is 9.79 Å². The number of hydrogen-bond acceptors (Lipinski definition) is 6. The second kappa shape index (κ2) is 6.06. The molecular formula is C12H8Cl2O6S3. The molecule has 124 valence electrons. The third-order valence-corrected chi connectivity index (χ3v) is 7.69. The molecule has 0 N–H and O–H groups in total. The number of halogens is 2. The molecule has 0 amide bonds. The van der Waals surface area contributed by atoms with Gasteiger partial charge in [-0.05, 0) is 24.3 Å². The van der Waals surface area contributed by atoms with Gasteiger partial charge < -0.3 is 0 Å². The van der Waals surface area contributed by atoms with Gasteiger partial charge in [-0.3, -0.25) is 0 Å². The minimum atomic E-state index is -4.49. The maximum absolute atomic E-state index is 12.7. The molecule has 11 heteroatoms. The van der Waals surface area contributed by atoms with Crippen molar-refractivity contribution in [2.24, 2.45) is 0 Å². The molecule has 0 radical (unpaired) electrons. The maximum Gasteiger partial charge on any atom is 0.262 e. The van der Waals surface area contributed by atoms with E-state index in [0.29, 0.717) is 0 Å². The topological polar surface area (TPSA) is 102 Å². The lowest BCUT2D eigenvalue weighted by Crippen LogP contribution is -2.10. The monoisotopic (exact) mass is 414 g/mol. The summed E-state index contributed by atoms with van der Waals surface area (Å²) in [5.41, 5.74) is 0. The Labute approximate surface area is 142 Å². The molecule has 0 atom stereocenters. The molecule has 0 fully saturated rings. The Bertz CT molecular complexity index is 992. The number of benzene rings is 2. The van der Waals surface area contributed by atoms with E-state index in [1.807, 2.05) is 0 Å². The quantitative estimate of drug-likeness (QED) is 0.711. The van der Waals surface area contributed by atoms with Crippen molar-refractivity contribution in [3.05, 3.63) is 48.5 Å². The molecule has 2 aromatic rings. The van der Waals surface area contributed by atoms with Gasteiger partial charge in [-0.2, -0.15) is 0 Å². The Hall–Kier alpha value is -1.13. The Kier molecular flexibility index (Phi) is 4.80. The molecule has 0 bridgehead atoms. The van der Waals surface area contributed by atoms with Gasteiger partial charge in [-0.25, -0.2) is 25.3 Å². The van der Waals surface area contributed by atoms with Crippen molar-refractivity contribution in [3.8, 4) is 0 Å². The maximum atomic E-state index is 12.7. The normalized spacial score (nSPS) is 13.0. The van der Waals surface area contributed by atoms with Gasteiger partial charge in [0.2, 0.25) is 9.84 Å². The van der Waals surface area contributed by atoms with Crippen LogP contribution in [0.5, 0.6) is 0 Å². The summed E-state index contributed by atoms with van der Waals surface area (Å²) >= 11 is 0. The van der Waals surface area contributed by atoms with E-state index in [1.165, 1.54) is 24.3 Å². The van der Waals surface area contributed by atoms with E-state index in [4.69, 9.17) is 21.4 Å². The predicted molar refractivity (Wildman–Crippen MR) is 84.4 cm³/mol. The summed E-state index contributed by atoms with van der Waals surface area (Å²) < 4.78 is 71.7. The van der Waals surface area contributed by atoms with Crippen LogP contribution in [-0.2, 0) is 27.9 Å². The first-order chi connectivity index (χ1) is 10.5. The smallest absolute Gasteiger partial charge is 0.218 e. The Morgan fingerprint density at radius 3 is 1.04 bits per heavy atom. The SMILES string of the molecule is O=S(=O)(Cl)c1ccccc1S(=O)(=O)c1ccccc1S(=O)(=O)Cl. The van der Waals surface area contributed by atoms with Crippen molar-refractivity contribution >= 4 is 49.3 Å². The summed E-state index contributed by atoms with van der Waals surface area (Å²) in [6.45, 7) is 0. The van der Waals surface area contributed by atoms with E-state index in [2.05, 4.69) is 0 Å². The van der Waals surface area contributed by atoms with Crippen LogP contribution in [-0.4, -0.2) is 25.3 Å². The van der Waals surface area contributed by atoms with Crippen molar-refractivity contribution < 1.29 is 25.3 Å². The van der Waals surface area contributed by atoms with Crippen molar-refractivity contribution in [3.63, 3.8) is 0 Å². The summed E-state index contributed by atoms with van der Waals surface area (Å²) in [7, 11) is -2.72. The van der Waals surface area contributed by atoms with Gasteiger partial charge >= 0.3 is 0 Å². The largest absolute Gasteiger partial charge is 0.262 e. The lowest BCUT2D eigenvalue weighted by atomic mass is 10.4. The lowest BCUT2D eigenvalue weighted by Gasteiger charge is -2.10. The molecule has 0 saturated carbocycles. The van der Waals surface area contributed by atoms with Crippen LogP contribution in [0.4, 0.5) is 0 Å². The molecular weight excluding hydrogens is 407 g/mol. The second-order valence-corrected chi connectivity index (χ2v) is 11.2.